The number of nitrogens with zero attached hydrogens (tertiary/aromatic N) is 2. The first-order valence-corrected chi connectivity index (χ1v) is 6.89. The van der Waals surface area contributed by atoms with Crippen molar-refractivity contribution in [1.82, 2.24) is 9.88 Å². The van der Waals surface area contributed by atoms with Crippen LogP contribution in [0.4, 0.5) is 5.69 Å². The van der Waals surface area contributed by atoms with Gasteiger partial charge in [0, 0.05) is 32.4 Å². The van der Waals surface area contributed by atoms with Gasteiger partial charge in [0.2, 0.25) is 0 Å². The second kappa shape index (κ2) is 8.85. The molecule has 0 amide bonds. The Kier molecular flexibility index (Phi) is 7.40. The van der Waals surface area contributed by atoms with Crippen LogP contribution in [0.15, 0.2) is 18.3 Å². The average Bonchev–Trinajstić information content (AvgIpc) is 2.46. The molecule has 1 rings (SSSR count). The highest BCUT2D eigenvalue weighted by Crippen LogP contribution is 2.14. The first-order chi connectivity index (χ1) is 9.24. The summed E-state index contributed by atoms with van der Waals surface area (Å²) in [4.78, 5) is 6.83. The smallest absolute Gasteiger partial charge is 0.0589 e. The van der Waals surface area contributed by atoms with Crippen molar-refractivity contribution in [3.63, 3.8) is 0 Å². The number of nitrogens with two attached hydrogens (primary N) is 1. The molecule has 19 heavy (non-hydrogen) atoms. The highest BCUT2D eigenvalue weighted by atomic mass is 16.5. The molecule has 0 radical (unpaired) electrons. The Labute approximate surface area is 116 Å². The Morgan fingerprint density at radius 1 is 1.42 bits per heavy atom. The number of methoxy groups -OCH3 is 1. The lowest BCUT2D eigenvalue weighted by Gasteiger charge is -2.30. The van der Waals surface area contributed by atoms with Crippen molar-refractivity contribution in [3.05, 3.63) is 24.0 Å². The zero-order chi connectivity index (χ0) is 14.1. The normalized spacial score (nSPS) is 11.3. The second-order valence-corrected chi connectivity index (χ2v) is 4.61. The maximum absolute atomic E-state index is 5.43. The number of nitrogens with one attached hydrogen (secondary N) is 1. The maximum Gasteiger partial charge on any atom is 0.0589 e. The van der Waals surface area contributed by atoms with Gasteiger partial charge in [0.15, 0.2) is 0 Å². The molecule has 0 bridgehead atoms. The van der Waals surface area contributed by atoms with Crippen LogP contribution in [0.1, 0.15) is 32.4 Å². The zero-order valence-electron chi connectivity index (χ0n) is 12.2. The number of rotatable bonds is 9. The lowest BCUT2D eigenvalue weighted by atomic mass is 10.1. The van der Waals surface area contributed by atoms with Crippen LogP contribution in [0, 0.1) is 0 Å². The molecule has 0 fully saturated rings. The molecule has 1 heterocycles. The lowest BCUT2D eigenvalue weighted by Crippen LogP contribution is -2.36. The van der Waals surface area contributed by atoms with Gasteiger partial charge in [0.05, 0.1) is 18.0 Å². The maximum atomic E-state index is 5.43. The number of ether oxygens (including phenoxy) is 1. The number of pyridine rings is 1. The summed E-state index contributed by atoms with van der Waals surface area (Å²) in [6, 6.07) is 4.41. The van der Waals surface area contributed by atoms with E-state index in [1.165, 1.54) is 0 Å². The van der Waals surface area contributed by atoms with E-state index in [1.54, 1.807) is 13.3 Å². The minimum atomic E-state index is 0.562. The predicted octanol–water partition coefficient (Wildman–Crippen LogP) is 2.00. The average molecular weight is 266 g/mol. The van der Waals surface area contributed by atoms with Crippen molar-refractivity contribution in [2.24, 2.45) is 5.84 Å². The second-order valence-electron chi connectivity index (χ2n) is 4.61. The molecule has 5 nitrogen and oxygen atoms in total. The monoisotopic (exact) mass is 266 g/mol. The SMILES string of the molecule is CCC(CC)N(CCOC)Cc1cc(NN)ccn1. The van der Waals surface area contributed by atoms with Gasteiger partial charge in [0.1, 0.15) is 0 Å². The molecule has 0 saturated carbocycles. The van der Waals surface area contributed by atoms with Crippen molar-refractivity contribution >= 4 is 5.69 Å². The lowest BCUT2D eigenvalue weighted by molar-refractivity contribution is 0.109. The Morgan fingerprint density at radius 3 is 2.74 bits per heavy atom. The van der Waals surface area contributed by atoms with Crippen LogP contribution in [0.5, 0.6) is 0 Å². The summed E-state index contributed by atoms with van der Waals surface area (Å²) in [6.07, 6.45) is 4.05. The molecule has 0 aliphatic carbocycles. The molecular formula is C14H26N4O. The van der Waals surface area contributed by atoms with Crippen LogP contribution in [-0.4, -0.2) is 36.2 Å². The molecule has 108 valence electrons. The third kappa shape index (κ3) is 5.14. The molecule has 0 aliphatic heterocycles. The fourth-order valence-electron chi connectivity index (χ4n) is 2.27. The van der Waals surface area contributed by atoms with Gasteiger partial charge >= 0.3 is 0 Å². The summed E-state index contributed by atoms with van der Waals surface area (Å²) < 4.78 is 5.20. The van der Waals surface area contributed by atoms with Crippen LogP contribution in [0.2, 0.25) is 0 Å². The van der Waals surface area contributed by atoms with Gasteiger partial charge in [-0.2, -0.15) is 0 Å². The van der Waals surface area contributed by atoms with Gasteiger partial charge in [0.25, 0.3) is 0 Å². The van der Waals surface area contributed by atoms with E-state index in [-0.39, 0.29) is 0 Å². The number of hydrazine groups is 1. The van der Waals surface area contributed by atoms with Gasteiger partial charge in [-0.25, -0.2) is 0 Å². The molecule has 0 aliphatic rings. The molecule has 0 spiro atoms. The quantitative estimate of drug-likeness (QED) is 0.529. The largest absolute Gasteiger partial charge is 0.383 e. The summed E-state index contributed by atoms with van der Waals surface area (Å²) in [5.74, 6) is 5.43. The summed E-state index contributed by atoms with van der Waals surface area (Å²) >= 11 is 0. The number of hydrogen-bond donors (Lipinski definition) is 2. The first kappa shape index (κ1) is 15.9. The molecule has 3 N–H and O–H groups in total. The summed E-state index contributed by atoms with van der Waals surface area (Å²) in [5, 5.41) is 0. The van der Waals surface area contributed by atoms with E-state index >= 15 is 0 Å². The van der Waals surface area contributed by atoms with Crippen LogP contribution in [-0.2, 0) is 11.3 Å². The van der Waals surface area contributed by atoms with Crippen molar-refractivity contribution in [2.75, 3.05) is 25.7 Å². The highest BCUT2D eigenvalue weighted by molar-refractivity contribution is 5.41. The van der Waals surface area contributed by atoms with E-state index in [9.17, 15) is 0 Å². The van der Waals surface area contributed by atoms with Gasteiger partial charge in [-0.3, -0.25) is 15.7 Å². The molecular weight excluding hydrogens is 240 g/mol. The Morgan fingerprint density at radius 2 is 2.16 bits per heavy atom. The third-order valence-electron chi connectivity index (χ3n) is 3.39. The van der Waals surface area contributed by atoms with Crippen molar-refractivity contribution in [2.45, 2.75) is 39.3 Å². The van der Waals surface area contributed by atoms with E-state index in [1.807, 2.05) is 12.1 Å². The highest BCUT2D eigenvalue weighted by Gasteiger charge is 2.15. The minimum Gasteiger partial charge on any atom is -0.383 e. The molecule has 0 saturated heterocycles. The topological polar surface area (TPSA) is 63.4 Å². The van der Waals surface area contributed by atoms with Crippen molar-refractivity contribution in [1.29, 1.82) is 0 Å². The van der Waals surface area contributed by atoms with Crippen LogP contribution in [0.25, 0.3) is 0 Å². The summed E-state index contributed by atoms with van der Waals surface area (Å²) in [7, 11) is 1.74. The number of aromatic nitrogens is 1. The van der Waals surface area contributed by atoms with E-state index < -0.39 is 0 Å². The number of nitrogen functional groups attached to an aromatic ring is 1. The molecule has 1 aromatic heterocycles. The molecule has 1 aromatic rings. The Bertz CT molecular complexity index is 355. The predicted molar refractivity (Wildman–Crippen MR) is 78.7 cm³/mol. The van der Waals surface area contributed by atoms with Gasteiger partial charge in [-0.1, -0.05) is 13.8 Å². The molecule has 0 unspecified atom stereocenters. The fourth-order valence-corrected chi connectivity index (χ4v) is 2.27. The zero-order valence-corrected chi connectivity index (χ0v) is 12.2. The molecule has 5 heteroatoms. The van der Waals surface area contributed by atoms with Crippen LogP contribution < -0.4 is 11.3 Å². The Balaban J connectivity index is 2.74. The minimum absolute atomic E-state index is 0.562. The van der Waals surface area contributed by atoms with Crippen molar-refractivity contribution < 1.29 is 4.74 Å². The number of hydrogen-bond acceptors (Lipinski definition) is 5. The fraction of sp³-hybridized carbons (Fsp3) is 0.643. The number of anilines is 1. The van der Waals surface area contributed by atoms with E-state index in [0.717, 1.165) is 43.9 Å². The molecule has 0 atom stereocenters. The standard InChI is InChI=1S/C14H26N4O/c1-4-14(5-2)18(8-9-19-3)11-13-10-12(17-15)6-7-16-13/h6-7,10,14H,4-5,8-9,11,15H2,1-3H3,(H,16,17). The van der Waals surface area contributed by atoms with Crippen molar-refractivity contribution in [3.8, 4) is 0 Å². The van der Waals surface area contributed by atoms with Crippen LogP contribution >= 0.6 is 0 Å². The Hall–Kier alpha value is -1.17. The van der Waals surface area contributed by atoms with Gasteiger partial charge < -0.3 is 10.2 Å². The van der Waals surface area contributed by atoms with E-state index in [2.05, 4.69) is 29.2 Å². The van der Waals surface area contributed by atoms with E-state index in [4.69, 9.17) is 10.6 Å². The first-order valence-electron chi connectivity index (χ1n) is 6.89. The summed E-state index contributed by atoms with van der Waals surface area (Å²) in [5.41, 5.74) is 4.57. The summed E-state index contributed by atoms with van der Waals surface area (Å²) in [6.45, 7) is 6.93. The van der Waals surface area contributed by atoms with Gasteiger partial charge in [-0.05, 0) is 25.0 Å². The van der Waals surface area contributed by atoms with Crippen LogP contribution in [0.3, 0.4) is 0 Å². The van der Waals surface area contributed by atoms with Gasteiger partial charge in [-0.15, -0.1) is 0 Å². The van der Waals surface area contributed by atoms with E-state index in [0.29, 0.717) is 6.04 Å². The molecule has 0 aromatic carbocycles. The third-order valence-corrected chi connectivity index (χ3v) is 3.39.